The molecule has 2 aromatic carbocycles. The number of hydrogen-bond acceptors (Lipinski definition) is 3. The Kier molecular flexibility index (Phi) is 17.6. The molecule has 0 unspecified atom stereocenters. The molecule has 0 saturated carbocycles. The van der Waals surface area contributed by atoms with Gasteiger partial charge in [-0.05, 0) is 49.6 Å². The number of hydrogen-bond donors (Lipinski definition) is 0. The van der Waals surface area contributed by atoms with Gasteiger partial charge in [-0.15, -0.1) is 0 Å². The Morgan fingerprint density at radius 2 is 1.57 bits per heavy atom. The lowest BCUT2D eigenvalue weighted by molar-refractivity contribution is -0.683. The van der Waals surface area contributed by atoms with Gasteiger partial charge in [-0.1, -0.05) is 107 Å². The van der Waals surface area contributed by atoms with Gasteiger partial charge >= 0.3 is 0 Å². The summed E-state index contributed by atoms with van der Waals surface area (Å²) in [6.07, 6.45) is 18.2. The number of carbonyl (C=O) groups excluding carboxylic acids is 1. The first kappa shape index (κ1) is 35.9. The molecule has 0 fully saturated rings. The lowest BCUT2D eigenvalue weighted by atomic mass is 10.1. The topological polar surface area (TPSA) is 33.4 Å². The quantitative estimate of drug-likeness (QED) is 0.107. The van der Waals surface area contributed by atoms with Gasteiger partial charge in [-0.25, -0.2) is 4.39 Å². The Morgan fingerprint density at radius 1 is 0.905 bits per heavy atom. The molecule has 3 aromatic rings. The van der Waals surface area contributed by atoms with Crippen molar-refractivity contribution in [3.63, 3.8) is 0 Å². The van der Waals surface area contributed by atoms with Gasteiger partial charge in [0.05, 0.1) is 11.5 Å². The average molecular weight is 662 g/mol. The fraction of sp³-hybridized carbons (Fsp3) is 0.543. The van der Waals surface area contributed by atoms with Crippen LogP contribution >= 0.6 is 11.3 Å². The largest absolute Gasteiger partial charge is 1.00 e. The molecule has 0 atom stereocenters. The number of carbonyl (C=O) groups is 1. The zero-order valence-corrected chi connectivity index (χ0v) is 28.3. The fourth-order valence-electron chi connectivity index (χ4n) is 5.21. The van der Waals surface area contributed by atoms with E-state index in [9.17, 15) is 9.18 Å². The summed E-state index contributed by atoms with van der Waals surface area (Å²) in [4.78, 5) is 15.5. The second-order valence-corrected chi connectivity index (χ2v) is 12.3. The van der Waals surface area contributed by atoms with Crippen LogP contribution in [-0.4, -0.2) is 19.1 Å². The Morgan fingerprint density at radius 3 is 2.17 bits per heavy atom. The highest BCUT2D eigenvalue weighted by Gasteiger charge is 2.14. The summed E-state index contributed by atoms with van der Waals surface area (Å²) in [6, 6.07) is 13.3. The maximum Gasteiger partial charge on any atom is 0.225 e. The van der Waals surface area contributed by atoms with Gasteiger partial charge in [-0.2, -0.15) is 4.57 Å². The van der Waals surface area contributed by atoms with E-state index in [1.165, 1.54) is 69.1 Å². The van der Waals surface area contributed by atoms with Crippen molar-refractivity contribution < 1.29 is 35.5 Å². The first-order valence-electron chi connectivity index (χ1n) is 15.7. The third-order valence-electron chi connectivity index (χ3n) is 7.56. The Balaban J connectivity index is 0.00000616. The summed E-state index contributed by atoms with van der Waals surface area (Å²) >= 11 is 1.72. The zero-order chi connectivity index (χ0) is 29.3. The van der Waals surface area contributed by atoms with Crippen LogP contribution in [0.4, 0.5) is 10.1 Å². The molecule has 0 aliphatic heterocycles. The molecular weight excluding hydrogens is 611 g/mol. The van der Waals surface area contributed by atoms with Crippen molar-refractivity contribution in [2.75, 3.05) is 18.1 Å². The van der Waals surface area contributed by atoms with Crippen molar-refractivity contribution in [1.29, 1.82) is 0 Å². The van der Waals surface area contributed by atoms with Crippen molar-refractivity contribution in [3.8, 4) is 5.75 Å². The number of ether oxygens (including phenoxy) is 1. The molecule has 0 aliphatic rings. The molecule has 0 N–H and O–H groups in total. The van der Waals surface area contributed by atoms with Gasteiger partial charge in [0, 0.05) is 24.7 Å². The predicted molar refractivity (Wildman–Crippen MR) is 169 cm³/mol. The van der Waals surface area contributed by atoms with E-state index in [0.29, 0.717) is 25.3 Å². The summed E-state index contributed by atoms with van der Waals surface area (Å²) < 4.78 is 22.7. The van der Waals surface area contributed by atoms with Crippen molar-refractivity contribution in [2.24, 2.45) is 0 Å². The van der Waals surface area contributed by atoms with Gasteiger partial charge in [0.15, 0.2) is 24.3 Å². The number of amides is 1. The van der Waals surface area contributed by atoms with Crippen LogP contribution in [0.2, 0.25) is 0 Å². The number of halogens is 2. The lowest BCUT2D eigenvalue weighted by Gasteiger charge is -2.22. The third kappa shape index (κ3) is 13.4. The third-order valence-corrected chi connectivity index (χ3v) is 8.42. The standard InChI is InChI=1S/C35H50FN2O2S.BrH/c1-4-5-6-7-8-9-10-11-12-13-14-15-23-40-35-20-19-31(25-34(35)36)21-22-38(30(3)39)33-18-16-17-32(24-33)27-37-26-29(2)41-28-37;/h16-20,24-26,28H,4-15,21-23,27H2,1-3H3;1H/q+1;/p-1. The molecule has 1 amide bonds. The van der Waals surface area contributed by atoms with Crippen LogP contribution in [0.3, 0.4) is 0 Å². The summed E-state index contributed by atoms with van der Waals surface area (Å²) in [5.41, 5.74) is 4.96. The molecule has 232 valence electrons. The molecule has 1 heterocycles. The number of unbranched alkanes of at least 4 members (excludes halogenated alkanes) is 11. The number of nitrogens with zero attached hydrogens (tertiary/aromatic N) is 2. The fourth-order valence-corrected chi connectivity index (χ4v) is 5.85. The molecule has 0 bridgehead atoms. The zero-order valence-electron chi connectivity index (χ0n) is 25.9. The number of thiazole rings is 1. The van der Waals surface area contributed by atoms with Crippen molar-refractivity contribution in [2.45, 2.75) is 111 Å². The summed E-state index contributed by atoms with van der Waals surface area (Å²) in [6.45, 7) is 7.73. The molecular formula is C35H50BrFN2O2S. The maximum absolute atomic E-state index is 14.8. The minimum atomic E-state index is -0.333. The number of aromatic nitrogens is 1. The molecule has 0 saturated heterocycles. The number of rotatable bonds is 20. The highest BCUT2D eigenvalue weighted by molar-refractivity contribution is 7.09. The molecule has 0 spiro atoms. The Labute approximate surface area is 268 Å². The normalized spacial score (nSPS) is 10.9. The molecule has 3 rings (SSSR count). The molecule has 7 heteroatoms. The van der Waals surface area contributed by atoms with Crippen LogP contribution < -0.4 is 31.2 Å². The minimum absolute atomic E-state index is 0. The van der Waals surface area contributed by atoms with E-state index in [2.05, 4.69) is 42.3 Å². The SMILES string of the molecule is CCCCCCCCCCCCCCOc1ccc(CCN(C(C)=O)c2cccc(C[n+]3csc(C)c3)c2)cc1F.[Br-]. The van der Waals surface area contributed by atoms with E-state index in [1.807, 2.05) is 18.2 Å². The van der Waals surface area contributed by atoms with E-state index in [1.54, 1.807) is 35.3 Å². The second kappa shape index (κ2) is 20.6. The van der Waals surface area contributed by atoms with E-state index in [-0.39, 0.29) is 28.7 Å². The minimum Gasteiger partial charge on any atom is -1.00 e. The first-order valence-corrected chi connectivity index (χ1v) is 16.6. The van der Waals surface area contributed by atoms with Crippen LogP contribution in [0, 0.1) is 12.7 Å². The number of aryl methyl sites for hydroxylation is 1. The molecule has 1 aromatic heterocycles. The molecule has 4 nitrogen and oxygen atoms in total. The van der Waals surface area contributed by atoms with Crippen molar-refractivity contribution in [1.82, 2.24) is 0 Å². The van der Waals surface area contributed by atoms with E-state index >= 15 is 0 Å². The maximum atomic E-state index is 14.8. The van der Waals surface area contributed by atoms with Crippen LogP contribution in [0.1, 0.15) is 107 Å². The molecule has 42 heavy (non-hydrogen) atoms. The lowest BCUT2D eigenvalue weighted by Crippen LogP contribution is -3.00. The van der Waals surface area contributed by atoms with Crippen molar-refractivity contribution in [3.05, 3.63) is 76.0 Å². The van der Waals surface area contributed by atoms with E-state index in [4.69, 9.17) is 4.74 Å². The Bertz CT molecular complexity index is 1190. The Hall–Kier alpha value is -2.25. The van der Waals surface area contributed by atoms with Crippen molar-refractivity contribution >= 4 is 22.9 Å². The average Bonchev–Trinajstić information content (AvgIpc) is 3.36. The van der Waals surface area contributed by atoms with Gasteiger partial charge in [0.25, 0.3) is 0 Å². The molecule has 0 radical (unpaired) electrons. The monoisotopic (exact) mass is 660 g/mol. The summed E-state index contributed by atoms with van der Waals surface area (Å²) in [5, 5.41) is 0. The summed E-state index contributed by atoms with van der Waals surface area (Å²) in [7, 11) is 0. The van der Waals surface area contributed by atoms with Gasteiger partial charge in [-0.3, -0.25) is 4.79 Å². The smallest absolute Gasteiger partial charge is 0.225 e. The van der Waals surface area contributed by atoms with Gasteiger partial charge < -0.3 is 26.6 Å². The number of benzene rings is 2. The van der Waals surface area contributed by atoms with Crippen LogP contribution in [-0.2, 0) is 17.8 Å². The second-order valence-electron chi connectivity index (χ2n) is 11.2. The highest BCUT2D eigenvalue weighted by Crippen LogP contribution is 2.22. The number of anilines is 1. The van der Waals surface area contributed by atoms with Crippen LogP contribution in [0.15, 0.2) is 54.2 Å². The predicted octanol–water partition coefficient (Wildman–Crippen LogP) is 6.21. The van der Waals surface area contributed by atoms with E-state index < -0.39 is 0 Å². The summed E-state index contributed by atoms with van der Waals surface area (Å²) in [5.74, 6) is -0.0426. The first-order chi connectivity index (χ1) is 20.0. The van der Waals surface area contributed by atoms with E-state index in [0.717, 1.165) is 36.2 Å². The van der Waals surface area contributed by atoms with Gasteiger partial charge in [0.2, 0.25) is 11.4 Å². The van der Waals surface area contributed by atoms with Crippen LogP contribution in [0.25, 0.3) is 0 Å². The van der Waals surface area contributed by atoms with Gasteiger partial charge in [0.1, 0.15) is 0 Å². The highest BCUT2D eigenvalue weighted by atomic mass is 79.9. The van der Waals surface area contributed by atoms with Crippen LogP contribution in [0.5, 0.6) is 5.75 Å². The molecule has 0 aliphatic carbocycles.